The summed E-state index contributed by atoms with van der Waals surface area (Å²) in [5.74, 6) is 0.813. The van der Waals surface area contributed by atoms with Gasteiger partial charge in [-0.2, -0.15) is 0 Å². The Morgan fingerprint density at radius 1 is 1.31 bits per heavy atom. The minimum absolute atomic E-state index is 0.0637. The SMILES string of the molecule is CCO[C@@H]1CN[C@@H](C(=O)Nc2cccc3c(-c4nc(Nc5cn(C)nc5OC)ncc4C)c[nH]c23)C1. The smallest absolute Gasteiger partial charge is 0.256 e. The van der Waals surface area contributed by atoms with E-state index in [4.69, 9.17) is 14.5 Å². The van der Waals surface area contributed by atoms with Gasteiger partial charge < -0.3 is 30.4 Å². The van der Waals surface area contributed by atoms with Crippen LogP contribution in [-0.4, -0.2) is 63.0 Å². The maximum absolute atomic E-state index is 12.9. The van der Waals surface area contributed by atoms with Gasteiger partial charge in [0.15, 0.2) is 0 Å². The molecule has 1 saturated heterocycles. The molecular weight excluding hydrogens is 460 g/mol. The highest BCUT2D eigenvalue weighted by atomic mass is 16.5. The van der Waals surface area contributed by atoms with Crippen LogP contribution in [0.25, 0.3) is 22.2 Å². The normalized spacial score (nSPS) is 17.4. The second-order valence-corrected chi connectivity index (χ2v) is 8.77. The molecule has 4 N–H and O–H groups in total. The summed E-state index contributed by atoms with van der Waals surface area (Å²) in [6.45, 7) is 5.25. The van der Waals surface area contributed by atoms with Crippen molar-refractivity contribution in [1.82, 2.24) is 30.0 Å². The number of methoxy groups -OCH3 is 1. The Kier molecular flexibility index (Phi) is 6.57. The summed E-state index contributed by atoms with van der Waals surface area (Å²) in [5.41, 5.74) is 4.84. The third-order valence-electron chi connectivity index (χ3n) is 6.24. The van der Waals surface area contributed by atoms with Crippen LogP contribution in [0.3, 0.4) is 0 Å². The second kappa shape index (κ2) is 9.96. The zero-order valence-electron chi connectivity index (χ0n) is 20.8. The molecule has 11 heteroatoms. The van der Waals surface area contributed by atoms with E-state index in [-0.39, 0.29) is 18.1 Å². The molecule has 5 rings (SSSR count). The quantitative estimate of drug-likeness (QED) is 0.296. The maximum atomic E-state index is 12.9. The van der Waals surface area contributed by atoms with Crippen LogP contribution in [0.1, 0.15) is 18.9 Å². The van der Waals surface area contributed by atoms with Gasteiger partial charge in [0.1, 0.15) is 5.69 Å². The van der Waals surface area contributed by atoms with Crippen LogP contribution >= 0.6 is 0 Å². The molecule has 0 saturated carbocycles. The number of H-pyrrole nitrogens is 1. The summed E-state index contributed by atoms with van der Waals surface area (Å²) in [7, 11) is 3.38. The Bertz CT molecular complexity index is 1400. The molecule has 4 aromatic rings. The first kappa shape index (κ1) is 23.8. The summed E-state index contributed by atoms with van der Waals surface area (Å²) >= 11 is 0. The fourth-order valence-corrected chi connectivity index (χ4v) is 4.54. The number of rotatable bonds is 8. The molecular formula is C25H30N8O3. The van der Waals surface area contributed by atoms with Gasteiger partial charge in [-0.3, -0.25) is 9.48 Å². The third-order valence-corrected chi connectivity index (χ3v) is 6.24. The van der Waals surface area contributed by atoms with E-state index >= 15 is 0 Å². The zero-order valence-corrected chi connectivity index (χ0v) is 20.8. The highest BCUT2D eigenvalue weighted by molar-refractivity contribution is 6.06. The Morgan fingerprint density at radius 3 is 2.97 bits per heavy atom. The van der Waals surface area contributed by atoms with Crippen molar-refractivity contribution in [2.45, 2.75) is 32.4 Å². The van der Waals surface area contributed by atoms with Crippen molar-refractivity contribution in [3.8, 4) is 17.1 Å². The number of carbonyl (C=O) groups excluding carboxylic acids is 1. The fourth-order valence-electron chi connectivity index (χ4n) is 4.54. The van der Waals surface area contributed by atoms with Gasteiger partial charge >= 0.3 is 0 Å². The molecule has 1 amide bonds. The van der Waals surface area contributed by atoms with Crippen LogP contribution in [-0.2, 0) is 16.6 Å². The predicted molar refractivity (Wildman–Crippen MR) is 138 cm³/mol. The number of ether oxygens (including phenoxy) is 2. The number of anilines is 3. The molecule has 2 atom stereocenters. The van der Waals surface area contributed by atoms with E-state index in [9.17, 15) is 4.79 Å². The lowest BCUT2D eigenvalue weighted by Crippen LogP contribution is -2.35. The van der Waals surface area contributed by atoms with Gasteiger partial charge in [-0.25, -0.2) is 9.97 Å². The molecule has 188 valence electrons. The van der Waals surface area contributed by atoms with Crippen LogP contribution in [0.15, 0.2) is 36.8 Å². The van der Waals surface area contributed by atoms with E-state index in [2.05, 4.69) is 31.0 Å². The number of aromatic amines is 1. The summed E-state index contributed by atoms with van der Waals surface area (Å²) < 4.78 is 12.6. The molecule has 1 aromatic carbocycles. The number of aromatic nitrogens is 5. The number of nitrogens with one attached hydrogen (secondary N) is 4. The third kappa shape index (κ3) is 4.62. The first-order chi connectivity index (χ1) is 17.5. The highest BCUT2D eigenvalue weighted by Crippen LogP contribution is 2.34. The van der Waals surface area contributed by atoms with Crippen molar-refractivity contribution in [2.75, 3.05) is 30.9 Å². The fraction of sp³-hybridized carbons (Fsp3) is 0.360. The average Bonchev–Trinajstić information content (AvgIpc) is 3.59. The largest absolute Gasteiger partial charge is 0.478 e. The Balaban J connectivity index is 1.41. The minimum Gasteiger partial charge on any atom is -0.478 e. The van der Waals surface area contributed by atoms with E-state index in [1.54, 1.807) is 24.2 Å². The summed E-state index contributed by atoms with van der Waals surface area (Å²) in [6, 6.07) is 5.54. The second-order valence-electron chi connectivity index (χ2n) is 8.77. The highest BCUT2D eigenvalue weighted by Gasteiger charge is 2.30. The van der Waals surface area contributed by atoms with E-state index in [0.29, 0.717) is 37.1 Å². The van der Waals surface area contributed by atoms with Crippen molar-refractivity contribution in [3.63, 3.8) is 0 Å². The number of amides is 1. The van der Waals surface area contributed by atoms with Gasteiger partial charge in [0, 0.05) is 43.5 Å². The molecule has 3 aromatic heterocycles. The Morgan fingerprint density at radius 2 is 2.17 bits per heavy atom. The van der Waals surface area contributed by atoms with Crippen LogP contribution in [0.4, 0.5) is 17.3 Å². The van der Waals surface area contributed by atoms with Crippen LogP contribution in [0, 0.1) is 6.92 Å². The lowest BCUT2D eigenvalue weighted by molar-refractivity contribution is -0.118. The monoisotopic (exact) mass is 490 g/mol. The van der Waals surface area contributed by atoms with Crippen molar-refractivity contribution in [2.24, 2.45) is 7.05 Å². The first-order valence-electron chi connectivity index (χ1n) is 11.9. The van der Waals surface area contributed by atoms with Gasteiger partial charge in [0.05, 0.1) is 42.4 Å². The van der Waals surface area contributed by atoms with Gasteiger partial charge in [-0.1, -0.05) is 12.1 Å². The lowest BCUT2D eigenvalue weighted by atomic mass is 10.1. The van der Waals surface area contributed by atoms with Crippen molar-refractivity contribution in [1.29, 1.82) is 0 Å². The number of hydrogen-bond donors (Lipinski definition) is 4. The molecule has 4 heterocycles. The summed E-state index contributed by atoms with van der Waals surface area (Å²) in [4.78, 5) is 25.5. The summed E-state index contributed by atoms with van der Waals surface area (Å²) in [5, 5.41) is 14.7. The predicted octanol–water partition coefficient (Wildman–Crippen LogP) is 3.12. The standard InChI is InChI=1S/C25H30N8O3/c1-5-36-15-9-19(26-11-15)23(34)29-18-8-6-7-16-17(12-27-22(16)18)21-14(2)10-28-25(31-21)30-20-13-33(3)32-24(20)35-4/h6-8,10,12-13,15,19,26-27H,5,9,11H2,1-4H3,(H,29,34)(H,28,30,31)/t15-,19+/m0/s1. The number of para-hydroxylation sites is 1. The van der Waals surface area contributed by atoms with Crippen LogP contribution in [0.2, 0.25) is 0 Å². The number of benzene rings is 1. The van der Waals surface area contributed by atoms with Crippen LogP contribution in [0.5, 0.6) is 5.88 Å². The van der Waals surface area contributed by atoms with Gasteiger partial charge in [0.2, 0.25) is 11.9 Å². The van der Waals surface area contributed by atoms with E-state index < -0.39 is 0 Å². The molecule has 0 unspecified atom stereocenters. The van der Waals surface area contributed by atoms with Crippen molar-refractivity contribution < 1.29 is 14.3 Å². The number of carbonyl (C=O) groups is 1. The molecule has 0 spiro atoms. The maximum Gasteiger partial charge on any atom is 0.256 e. The van der Waals surface area contributed by atoms with Gasteiger partial charge in [-0.05, 0) is 31.9 Å². The number of aryl methyl sites for hydroxylation is 2. The van der Waals surface area contributed by atoms with E-state index in [0.717, 1.165) is 33.4 Å². The first-order valence-corrected chi connectivity index (χ1v) is 11.9. The molecule has 0 radical (unpaired) electrons. The lowest BCUT2D eigenvalue weighted by Gasteiger charge is -2.13. The van der Waals surface area contributed by atoms with Gasteiger partial charge in [0.25, 0.3) is 5.88 Å². The molecule has 0 aliphatic carbocycles. The van der Waals surface area contributed by atoms with E-state index in [1.165, 1.54) is 0 Å². The average molecular weight is 491 g/mol. The van der Waals surface area contributed by atoms with Crippen LogP contribution < -0.4 is 20.7 Å². The minimum atomic E-state index is -0.284. The van der Waals surface area contributed by atoms with Crippen molar-refractivity contribution in [3.05, 3.63) is 42.4 Å². The number of fused-ring (bicyclic) bond motifs is 1. The molecule has 1 fully saturated rings. The molecule has 1 aliphatic heterocycles. The molecule has 36 heavy (non-hydrogen) atoms. The Hall–Kier alpha value is -3.96. The van der Waals surface area contributed by atoms with E-state index in [1.807, 2.05) is 45.3 Å². The summed E-state index contributed by atoms with van der Waals surface area (Å²) in [6.07, 6.45) is 6.21. The number of hydrogen-bond acceptors (Lipinski definition) is 8. The molecule has 0 bridgehead atoms. The van der Waals surface area contributed by atoms with Crippen molar-refractivity contribution >= 4 is 34.1 Å². The molecule has 11 nitrogen and oxygen atoms in total. The number of nitrogens with zero attached hydrogens (tertiary/aromatic N) is 4. The molecule has 1 aliphatic rings. The Labute approximate surface area is 208 Å². The van der Waals surface area contributed by atoms with Gasteiger partial charge in [-0.15, -0.1) is 5.10 Å². The zero-order chi connectivity index (χ0) is 25.2. The topological polar surface area (TPSA) is 131 Å².